The highest BCUT2D eigenvalue weighted by Gasteiger charge is 2.22. The van der Waals surface area contributed by atoms with Gasteiger partial charge in [0.05, 0.1) is 0 Å². The summed E-state index contributed by atoms with van der Waals surface area (Å²) in [6, 6.07) is 0. The Labute approximate surface area is 118 Å². The Morgan fingerprint density at radius 3 is 1.61 bits per heavy atom. The van der Waals surface area contributed by atoms with E-state index in [0.717, 1.165) is 0 Å². The standard InChI is InChI=1S/C14H34N2S2/c1-7-12-18(5,6)14-16-10-8-15(9-11-16)13-17(2,3)4/h7-14H2,1-6H3. The van der Waals surface area contributed by atoms with E-state index in [4.69, 9.17) is 0 Å². The van der Waals surface area contributed by atoms with Crippen molar-refractivity contribution in [2.45, 2.75) is 13.3 Å². The lowest BCUT2D eigenvalue weighted by molar-refractivity contribution is 0.167. The van der Waals surface area contributed by atoms with Crippen molar-refractivity contribution < 1.29 is 0 Å². The van der Waals surface area contributed by atoms with E-state index in [1.165, 1.54) is 50.1 Å². The van der Waals surface area contributed by atoms with Crippen LogP contribution in [0.1, 0.15) is 13.3 Å². The van der Waals surface area contributed by atoms with Gasteiger partial charge in [-0.3, -0.25) is 9.80 Å². The summed E-state index contributed by atoms with van der Waals surface area (Å²) in [6.07, 6.45) is 13.6. The molecule has 0 aromatic rings. The topological polar surface area (TPSA) is 6.48 Å². The molecule has 0 bridgehead atoms. The molecular weight excluding hydrogens is 260 g/mol. The van der Waals surface area contributed by atoms with Crippen LogP contribution in [0.4, 0.5) is 0 Å². The third-order valence-corrected chi connectivity index (χ3v) is 7.04. The van der Waals surface area contributed by atoms with Crippen LogP contribution < -0.4 is 0 Å². The van der Waals surface area contributed by atoms with E-state index in [9.17, 15) is 0 Å². The molecule has 1 heterocycles. The minimum Gasteiger partial charge on any atom is -0.293 e. The molecule has 0 radical (unpaired) electrons. The second-order valence-electron chi connectivity index (χ2n) is 7.06. The van der Waals surface area contributed by atoms with Crippen LogP contribution in [0.3, 0.4) is 0 Å². The predicted molar refractivity (Wildman–Crippen MR) is 92.8 cm³/mol. The molecule has 0 saturated carbocycles. The van der Waals surface area contributed by atoms with Gasteiger partial charge >= 0.3 is 0 Å². The highest BCUT2D eigenvalue weighted by Crippen LogP contribution is 2.41. The lowest BCUT2D eigenvalue weighted by Crippen LogP contribution is -2.48. The van der Waals surface area contributed by atoms with Gasteiger partial charge in [0.15, 0.2) is 0 Å². The fourth-order valence-electron chi connectivity index (χ4n) is 2.71. The molecule has 4 heteroatoms. The van der Waals surface area contributed by atoms with Crippen LogP contribution in [0, 0.1) is 0 Å². The van der Waals surface area contributed by atoms with Gasteiger partial charge in [0.25, 0.3) is 0 Å². The average Bonchev–Trinajstić information content (AvgIpc) is 2.18. The molecule has 1 fully saturated rings. The van der Waals surface area contributed by atoms with E-state index in [-0.39, 0.29) is 20.1 Å². The molecule has 0 unspecified atom stereocenters. The molecule has 0 aromatic carbocycles. The highest BCUT2D eigenvalue weighted by atomic mass is 32.3. The van der Waals surface area contributed by atoms with E-state index in [1.54, 1.807) is 0 Å². The molecule has 0 aliphatic carbocycles. The maximum Gasteiger partial charge on any atom is 0.0286 e. The molecule has 0 spiro atoms. The molecule has 2 nitrogen and oxygen atoms in total. The monoisotopic (exact) mass is 294 g/mol. The summed E-state index contributed by atoms with van der Waals surface area (Å²) in [5.41, 5.74) is 0. The van der Waals surface area contributed by atoms with E-state index in [0.29, 0.717) is 0 Å². The molecule has 0 aromatic heterocycles. The second-order valence-corrected chi connectivity index (χ2v) is 15.7. The maximum absolute atomic E-state index is 2.71. The molecule has 1 aliphatic rings. The first-order chi connectivity index (χ1) is 8.22. The Morgan fingerprint density at radius 1 is 0.778 bits per heavy atom. The Bertz CT molecular complexity index is 241. The quantitative estimate of drug-likeness (QED) is 0.743. The van der Waals surface area contributed by atoms with E-state index >= 15 is 0 Å². The normalized spacial score (nSPS) is 22.1. The van der Waals surface area contributed by atoms with Gasteiger partial charge in [-0.15, -0.1) is 0 Å². The Morgan fingerprint density at radius 2 is 1.22 bits per heavy atom. The summed E-state index contributed by atoms with van der Waals surface area (Å²) < 4.78 is 0. The first-order valence-corrected chi connectivity index (χ1v) is 12.8. The van der Waals surface area contributed by atoms with Crippen molar-refractivity contribution in [3.05, 3.63) is 0 Å². The van der Waals surface area contributed by atoms with Crippen molar-refractivity contribution in [1.29, 1.82) is 0 Å². The van der Waals surface area contributed by atoms with Crippen molar-refractivity contribution in [2.24, 2.45) is 0 Å². The van der Waals surface area contributed by atoms with Crippen LogP contribution >= 0.6 is 20.1 Å². The minimum atomic E-state index is -0.372. The Hall–Kier alpha value is 0.620. The zero-order valence-electron chi connectivity index (χ0n) is 13.4. The highest BCUT2D eigenvalue weighted by molar-refractivity contribution is 8.32. The minimum absolute atomic E-state index is 0.371. The van der Waals surface area contributed by atoms with E-state index < -0.39 is 0 Å². The van der Waals surface area contributed by atoms with Gasteiger partial charge in [-0.1, -0.05) is 6.92 Å². The summed E-state index contributed by atoms with van der Waals surface area (Å²) in [6.45, 7) is 7.46. The van der Waals surface area contributed by atoms with Gasteiger partial charge in [0.2, 0.25) is 0 Å². The Balaban J connectivity index is 2.31. The first-order valence-electron chi connectivity index (χ1n) is 7.01. The molecule has 1 aliphatic heterocycles. The molecule has 1 saturated heterocycles. The lowest BCUT2D eigenvalue weighted by Gasteiger charge is -2.43. The maximum atomic E-state index is 2.71. The smallest absolute Gasteiger partial charge is 0.0286 e. The number of nitrogens with zero attached hydrogens (tertiary/aromatic N) is 2. The van der Waals surface area contributed by atoms with Crippen LogP contribution in [0.15, 0.2) is 0 Å². The zero-order valence-corrected chi connectivity index (χ0v) is 15.0. The SMILES string of the molecule is CCCS(C)(C)CN1CCN(CS(C)(C)C)CC1. The summed E-state index contributed by atoms with van der Waals surface area (Å²) >= 11 is 0. The largest absolute Gasteiger partial charge is 0.293 e. The van der Waals surface area contributed by atoms with E-state index in [2.05, 4.69) is 48.0 Å². The van der Waals surface area contributed by atoms with Crippen molar-refractivity contribution in [1.82, 2.24) is 9.80 Å². The van der Waals surface area contributed by atoms with Gasteiger partial charge in [-0.05, 0) is 43.5 Å². The Kier molecular flexibility index (Phi) is 6.36. The number of rotatable bonds is 6. The van der Waals surface area contributed by atoms with Crippen LogP contribution in [0.5, 0.6) is 0 Å². The van der Waals surface area contributed by atoms with Crippen LogP contribution in [-0.2, 0) is 0 Å². The molecular formula is C14H34N2S2. The van der Waals surface area contributed by atoms with Gasteiger partial charge in [0, 0.05) is 37.9 Å². The summed E-state index contributed by atoms with van der Waals surface area (Å²) in [5.74, 6) is 4.11. The lowest BCUT2D eigenvalue weighted by atomic mass is 10.4. The summed E-state index contributed by atoms with van der Waals surface area (Å²) in [4.78, 5) is 5.38. The summed E-state index contributed by atoms with van der Waals surface area (Å²) in [7, 11) is -0.744. The van der Waals surface area contributed by atoms with Crippen molar-refractivity contribution in [3.63, 3.8) is 0 Å². The second kappa shape index (κ2) is 6.87. The number of hydrogen-bond donors (Lipinski definition) is 0. The molecule has 0 amide bonds. The predicted octanol–water partition coefficient (Wildman–Crippen LogP) is 2.69. The van der Waals surface area contributed by atoms with Crippen LogP contribution in [0.2, 0.25) is 0 Å². The molecule has 112 valence electrons. The third kappa shape index (κ3) is 6.69. The van der Waals surface area contributed by atoms with Crippen molar-refractivity contribution >= 4 is 20.1 Å². The number of piperazine rings is 1. The molecule has 0 N–H and O–H groups in total. The first kappa shape index (κ1) is 16.7. The fourth-order valence-corrected chi connectivity index (χ4v) is 6.54. The van der Waals surface area contributed by atoms with Gasteiger partial charge in [-0.2, -0.15) is 0 Å². The van der Waals surface area contributed by atoms with Gasteiger partial charge in [-0.25, -0.2) is 20.1 Å². The van der Waals surface area contributed by atoms with Gasteiger partial charge < -0.3 is 0 Å². The molecule has 1 rings (SSSR count). The zero-order chi connectivity index (χ0) is 13.8. The average molecular weight is 295 g/mol. The number of hydrogen-bond acceptors (Lipinski definition) is 2. The van der Waals surface area contributed by atoms with Crippen molar-refractivity contribution in [2.75, 3.05) is 75.0 Å². The molecule has 18 heavy (non-hydrogen) atoms. The fraction of sp³-hybridized carbons (Fsp3) is 1.00. The third-order valence-electron chi connectivity index (χ3n) is 3.32. The molecule has 0 atom stereocenters. The van der Waals surface area contributed by atoms with Crippen molar-refractivity contribution in [3.8, 4) is 0 Å². The van der Waals surface area contributed by atoms with Crippen LogP contribution in [0.25, 0.3) is 0 Å². The van der Waals surface area contributed by atoms with Gasteiger partial charge in [0.1, 0.15) is 0 Å². The van der Waals surface area contributed by atoms with E-state index in [1.807, 2.05) is 0 Å². The summed E-state index contributed by atoms with van der Waals surface area (Å²) in [5, 5.41) is 0. The van der Waals surface area contributed by atoms with Crippen LogP contribution in [-0.4, -0.2) is 84.8 Å².